The maximum absolute atomic E-state index is 13.0. The van der Waals surface area contributed by atoms with Crippen LogP contribution >= 0.6 is 34.8 Å². The molecule has 4 rings (SSSR count). The van der Waals surface area contributed by atoms with Crippen molar-refractivity contribution in [2.75, 3.05) is 4.72 Å². The highest BCUT2D eigenvalue weighted by molar-refractivity contribution is 7.92. The van der Waals surface area contributed by atoms with Gasteiger partial charge in [-0.05, 0) is 36.8 Å². The zero-order chi connectivity index (χ0) is 20.8. The summed E-state index contributed by atoms with van der Waals surface area (Å²) >= 11 is 18.0. The molecule has 5 nitrogen and oxygen atoms in total. The van der Waals surface area contributed by atoms with E-state index in [4.69, 9.17) is 34.8 Å². The summed E-state index contributed by atoms with van der Waals surface area (Å²) in [6.07, 6.45) is 3.74. The molecule has 0 fully saturated rings. The predicted octanol–water partition coefficient (Wildman–Crippen LogP) is 6.07. The number of rotatable bonds is 4. The smallest absolute Gasteiger partial charge is 0.263 e. The van der Waals surface area contributed by atoms with E-state index >= 15 is 0 Å². The molecule has 0 spiro atoms. The predicted molar refractivity (Wildman–Crippen MR) is 118 cm³/mol. The van der Waals surface area contributed by atoms with Crippen LogP contribution < -0.4 is 4.72 Å². The largest absolute Gasteiger partial charge is 0.306 e. The topological polar surface area (TPSA) is 63.5 Å². The number of nitrogens with zero attached hydrogens (tertiary/aromatic N) is 2. The number of imidazole rings is 1. The average molecular weight is 467 g/mol. The Labute approximate surface area is 182 Å². The number of anilines is 1. The lowest BCUT2D eigenvalue weighted by atomic mass is 10.1. The van der Waals surface area contributed by atoms with E-state index in [0.29, 0.717) is 16.9 Å². The highest BCUT2D eigenvalue weighted by Crippen LogP contribution is 2.34. The Bertz CT molecular complexity index is 1350. The number of sulfonamides is 1. The minimum Gasteiger partial charge on any atom is -0.306 e. The van der Waals surface area contributed by atoms with Gasteiger partial charge < -0.3 is 4.40 Å². The first-order valence-electron chi connectivity index (χ1n) is 8.47. The van der Waals surface area contributed by atoms with Crippen LogP contribution in [0.25, 0.3) is 16.9 Å². The van der Waals surface area contributed by atoms with Crippen LogP contribution in [-0.2, 0) is 10.0 Å². The SMILES string of the molecule is Cc1cccn2cc(-c3ccccc3NS(=O)(=O)c3cc(Cl)c(Cl)cc3Cl)nc12. The number of pyridine rings is 1. The van der Waals surface area contributed by atoms with E-state index in [2.05, 4.69) is 9.71 Å². The number of para-hydroxylation sites is 1. The van der Waals surface area contributed by atoms with E-state index in [-0.39, 0.29) is 20.0 Å². The Balaban J connectivity index is 1.79. The first-order chi connectivity index (χ1) is 13.8. The number of benzene rings is 2. The lowest BCUT2D eigenvalue weighted by Gasteiger charge is -2.13. The molecule has 2 aromatic carbocycles. The van der Waals surface area contributed by atoms with Gasteiger partial charge in [0.05, 0.1) is 26.4 Å². The fraction of sp³-hybridized carbons (Fsp3) is 0.0500. The van der Waals surface area contributed by atoms with Gasteiger partial charge in [0, 0.05) is 18.0 Å². The van der Waals surface area contributed by atoms with Crippen molar-refractivity contribution in [3.8, 4) is 11.3 Å². The minimum atomic E-state index is -4.01. The first-order valence-corrected chi connectivity index (χ1v) is 11.1. The number of halogens is 3. The molecule has 2 heterocycles. The van der Waals surface area contributed by atoms with E-state index in [1.54, 1.807) is 18.2 Å². The van der Waals surface area contributed by atoms with E-state index in [1.165, 1.54) is 12.1 Å². The van der Waals surface area contributed by atoms with Gasteiger partial charge in [-0.1, -0.05) is 59.1 Å². The van der Waals surface area contributed by atoms with Crippen molar-refractivity contribution >= 4 is 56.2 Å². The summed E-state index contributed by atoms with van der Waals surface area (Å²) in [5.41, 5.74) is 3.45. The number of aryl methyl sites for hydroxylation is 1. The average Bonchev–Trinajstić information content (AvgIpc) is 3.10. The number of hydrogen-bond donors (Lipinski definition) is 1. The van der Waals surface area contributed by atoms with Gasteiger partial charge in [0.1, 0.15) is 10.5 Å². The maximum Gasteiger partial charge on any atom is 0.263 e. The molecular formula is C20H14Cl3N3O2S. The molecule has 0 saturated carbocycles. The van der Waals surface area contributed by atoms with Crippen LogP contribution in [0.3, 0.4) is 0 Å². The lowest BCUT2D eigenvalue weighted by molar-refractivity contribution is 0.601. The van der Waals surface area contributed by atoms with Gasteiger partial charge in [0.25, 0.3) is 10.0 Å². The van der Waals surface area contributed by atoms with Gasteiger partial charge in [0.2, 0.25) is 0 Å². The molecule has 29 heavy (non-hydrogen) atoms. The molecule has 9 heteroatoms. The van der Waals surface area contributed by atoms with Crippen LogP contribution in [0, 0.1) is 6.92 Å². The molecule has 0 amide bonds. The van der Waals surface area contributed by atoms with Crippen LogP contribution in [-0.4, -0.2) is 17.8 Å². The molecule has 0 aliphatic rings. The molecule has 0 unspecified atom stereocenters. The molecular weight excluding hydrogens is 453 g/mol. The van der Waals surface area contributed by atoms with Gasteiger partial charge >= 0.3 is 0 Å². The molecule has 148 valence electrons. The van der Waals surface area contributed by atoms with Crippen LogP contribution in [0.2, 0.25) is 15.1 Å². The van der Waals surface area contributed by atoms with E-state index < -0.39 is 10.0 Å². The van der Waals surface area contributed by atoms with Crippen LogP contribution in [0.1, 0.15) is 5.56 Å². The summed E-state index contributed by atoms with van der Waals surface area (Å²) < 4.78 is 30.4. The highest BCUT2D eigenvalue weighted by Gasteiger charge is 2.22. The molecule has 2 aromatic heterocycles. The van der Waals surface area contributed by atoms with Crippen LogP contribution in [0.5, 0.6) is 0 Å². The summed E-state index contributed by atoms with van der Waals surface area (Å²) in [5, 5.41) is 0.254. The molecule has 0 atom stereocenters. The third-order valence-electron chi connectivity index (χ3n) is 4.39. The Morgan fingerprint density at radius 1 is 0.966 bits per heavy atom. The second-order valence-electron chi connectivity index (χ2n) is 6.40. The Hall–Kier alpha value is -2.25. The maximum atomic E-state index is 13.0. The standard InChI is InChI=1S/C20H14Cl3N3O2S/c1-12-5-4-8-26-11-18(24-20(12)26)13-6-2-3-7-17(13)25-29(27,28)19-10-15(22)14(21)9-16(19)23/h2-11,25H,1H3. The number of hydrogen-bond acceptors (Lipinski definition) is 3. The van der Waals surface area contributed by atoms with Crippen molar-refractivity contribution in [2.45, 2.75) is 11.8 Å². The normalized spacial score (nSPS) is 11.7. The van der Waals surface area contributed by atoms with Crippen molar-refractivity contribution in [1.29, 1.82) is 0 Å². The minimum absolute atomic E-state index is 0.0206. The lowest BCUT2D eigenvalue weighted by Crippen LogP contribution is -2.14. The fourth-order valence-electron chi connectivity index (χ4n) is 2.99. The van der Waals surface area contributed by atoms with Crippen LogP contribution in [0.15, 0.2) is 65.8 Å². The summed E-state index contributed by atoms with van der Waals surface area (Å²) in [7, 11) is -4.01. The Morgan fingerprint density at radius 3 is 2.45 bits per heavy atom. The Kier molecular flexibility index (Phi) is 5.21. The highest BCUT2D eigenvalue weighted by atomic mass is 35.5. The molecule has 0 saturated heterocycles. The summed E-state index contributed by atoms with van der Waals surface area (Å²) in [4.78, 5) is 4.49. The molecule has 0 radical (unpaired) electrons. The zero-order valence-corrected chi connectivity index (χ0v) is 18.1. The zero-order valence-electron chi connectivity index (χ0n) is 15.0. The van der Waals surface area contributed by atoms with Crippen molar-refractivity contribution in [3.63, 3.8) is 0 Å². The monoisotopic (exact) mass is 465 g/mol. The van der Waals surface area contributed by atoms with Gasteiger partial charge in [-0.25, -0.2) is 13.4 Å². The summed E-state index contributed by atoms with van der Waals surface area (Å²) in [6.45, 7) is 1.97. The second-order valence-corrected chi connectivity index (χ2v) is 9.27. The Morgan fingerprint density at radius 2 is 1.69 bits per heavy atom. The molecule has 0 bridgehead atoms. The third-order valence-corrected chi connectivity index (χ3v) is 6.94. The number of nitrogens with one attached hydrogen (secondary N) is 1. The number of fused-ring (bicyclic) bond motifs is 1. The van der Waals surface area contributed by atoms with Crippen molar-refractivity contribution < 1.29 is 8.42 Å². The van der Waals surface area contributed by atoms with Crippen molar-refractivity contribution in [1.82, 2.24) is 9.38 Å². The summed E-state index contributed by atoms with van der Waals surface area (Å²) in [6, 6.07) is 13.4. The number of aromatic nitrogens is 2. The van der Waals surface area contributed by atoms with Crippen LogP contribution in [0.4, 0.5) is 5.69 Å². The molecule has 0 aliphatic heterocycles. The second kappa shape index (κ2) is 7.54. The molecule has 4 aromatic rings. The van der Waals surface area contributed by atoms with E-state index in [0.717, 1.165) is 11.2 Å². The fourth-order valence-corrected chi connectivity index (χ4v) is 5.07. The third kappa shape index (κ3) is 3.81. The van der Waals surface area contributed by atoms with Gasteiger partial charge in [0.15, 0.2) is 0 Å². The van der Waals surface area contributed by atoms with Gasteiger partial charge in [-0.3, -0.25) is 4.72 Å². The first kappa shape index (κ1) is 20.0. The van der Waals surface area contributed by atoms with Crippen molar-refractivity contribution in [2.24, 2.45) is 0 Å². The van der Waals surface area contributed by atoms with E-state index in [9.17, 15) is 8.42 Å². The van der Waals surface area contributed by atoms with Crippen molar-refractivity contribution in [3.05, 3.63) is 81.6 Å². The molecule has 1 N–H and O–H groups in total. The molecule has 0 aliphatic carbocycles. The van der Waals surface area contributed by atoms with Gasteiger partial charge in [-0.15, -0.1) is 0 Å². The summed E-state index contributed by atoms with van der Waals surface area (Å²) in [5.74, 6) is 0. The van der Waals surface area contributed by atoms with E-state index in [1.807, 2.05) is 41.9 Å². The quantitative estimate of drug-likeness (QED) is 0.371. The van der Waals surface area contributed by atoms with Gasteiger partial charge in [-0.2, -0.15) is 0 Å².